The van der Waals surface area contributed by atoms with Gasteiger partial charge in [-0.1, -0.05) is 0 Å². The Labute approximate surface area is 98.8 Å². The summed E-state index contributed by atoms with van der Waals surface area (Å²) in [5, 5.41) is 10.7. The molecule has 0 spiro atoms. The summed E-state index contributed by atoms with van der Waals surface area (Å²) < 4.78 is 0. The summed E-state index contributed by atoms with van der Waals surface area (Å²) >= 11 is 6.19. The van der Waals surface area contributed by atoms with E-state index >= 15 is 0 Å². The van der Waals surface area contributed by atoms with Gasteiger partial charge in [0.05, 0.1) is 4.92 Å². The van der Waals surface area contributed by atoms with E-state index in [9.17, 15) is 10.1 Å². The molecule has 1 atom stereocenters. The number of hydrogen-bond donors (Lipinski definition) is 0. The molecule has 1 heterocycles. The number of nitro groups is 1. The molecular weight excluding hydrogens is 228 g/mol. The molecule has 16 heavy (non-hydrogen) atoms. The summed E-state index contributed by atoms with van der Waals surface area (Å²) in [5.74, 6) is 0.610. The average molecular weight is 241 g/mol. The zero-order valence-electron chi connectivity index (χ0n) is 9.02. The van der Waals surface area contributed by atoms with E-state index in [1.54, 1.807) is 13.0 Å². The van der Waals surface area contributed by atoms with Crippen LogP contribution in [0.2, 0.25) is 0 Å². The fourth-order valence-electron chi connectivity index (χ4n) is 1.73. The third kappa shape index (κ3) is 2.50. The first-order chi connectivity index (χ1) is 7.58. The molecule has 0 N–H and O–H groups in total. The van der Waals surface area contributed by atoms with Gasteiger partial charge < -0.3 is 0 Å². The van der Waals surface area contributed by atoms with Crippen LogP contribution >= 0.6 is 11.6 Å². The van der Waals surface area contributed by atoms with E-state index in [2.05, 4.69) is 4.98 Å². The van der Waals surface area contributed by atoms with Crippen LogP contribution in [0.15, 0.2) is 12.3 Å². The van der Waals surface area contributed by atoms with Crippen LogP contribution in [0.25, 0.3) is 0 Å². The highest BCUT2D eigenvalue weighted by Gasteiger charge is 2.30. The maximum absolute atomic E-state index is 10.6. The summed E-state index contributed by atoms with van der Waals surface area (Å²) in [7, 11) is 0. The van der Waals surface area contributed by atoms with E-state index in [1.165, 1.54) is 19.0 Å². The first-order valence-electron chi connectivity index (χ1n) is 5.32. The quantitative estimate of drug-likeness (QED) is 0.462. The number of halogens is 1. The van der Waals surface area contributed by atoms with Gasteiger partial charge in [-0.3, -0.25) is 15.1 Å². The van der Waals surface area contributed by atoms with Crippen LogP contribution < -0.4 is 0 Å². The molecule has 4 nitrogen and oxygen atoms in total. The highest BCUT2D eigenvalue weighted by molar-refractivity contribution is 6.21. The molecule has 1 fully saturated rings. The van der Waals surface area contributed by atoms with E-state index in [0.717, 1.165) is 5.69 Å². The Balaban J connectivity index is 2.10. The summed E-state index contributed by atoms with van der Waals surface area (Å²) in [5.41, 5.74) is 1.56. The molecule has 0 aromatic carbocycles. The van der Waals surface area contributed by atoms with Crippen molar-refractivity contribution in [2.24, 2.45) is 5.92 Å². The molecule has 0 amide bonds. The molecular formula is C11H13ClN2O2. The average Bonchev–Trinajstić information content (AvgIpc) is 2.99. The van der Waals surface area contributed by atoms with Gasteiger partial charge in [0, 0.05) is 23.1 Å². The summed E-state index contributed by atoms with van der Waals surface area (Å²) in [6.45, 7) is 1.73. The molecule has 1 aliphatic carbocycles. The maximum atomic E-state index is 10.6. The van der Waals surface area contributed by atoms with E-state index < -0.39 is 4.92 Å². The Kier molecular flexibility index (Phi) is 3.10. The normalized spacial score (nSPS) is 17.1. The predicted octanol–water partition coefficient (Wildman–Crippen LogP) is 2.86. The third-order valence-corrected chi connectivity index (χ3v) is 3.38. The minimum atomic E-state index is -0.412. The second-order valence-electron chi connectivity index (χ2n) is 4.28. The molecule has 5 heteroatoms. The van der Waals surface area contributed by atoms with Crippen LogP contribution in [0.1, 0.15) is 24.1 Å². The number of rotatable bonds is 4. The van der Waals surface area contributed by atoms with Gasteiger partial charge in [-0.2, -0.15) is 0 Å². The number of aromatic nitrogens is 1. The molecule has 0 saturated heterocycles. The number of nitrogens with zero attached hydrogens (tertiary/aromatic N) is 2. The van der Waals surface area contributed by atoms with Gasteiger partial charge in [-0.25, -0.2) is 0 Å². The van der Waals surface area contributed by atoms with Gasteiger partial charge in [0.2, 0.25) is 0 Å². The zero-order chi connectivity index (χ0) is 11.7. The second kappa shape index (κ2) is 4.37. The van der Waals surface area contributed by atoms with Crippen molar-refractivity contribution in [3.8, 4) is 0 Å². The Bertz CT molecular complexity index is 418. The van der Waals surface area contributed by atoms with Crippen molar-refractivity contribution in [3.05, 3.63) is 33.6 Å². The minimum absolute atomic E-state index is 0.0706. The molecule has 1 aliphatic rings. The lowest BCUT2D eigenvalue weighted by Crippen LogP contribution is -2.07. The van der Waals surface area contributed by atoms with Crippen molar-refractivity contribution in [2.75, 3.05) is 0 Å². The van der Waals surface area contributed by atoms with E-state index in [1.807, 2.05) is 0 Å². The van der Waals surface area contributed by atoms with E-state index in [-0.39, 0.29) is 11.1 Å². The van der Waals surface area contributed by atoms with Crippen molar-refractivity contribution >= 4 is 17.3 Å². The van der Waals surface area contributed by atoms with E-state index in [4.69, 9.17) is 11.6 Å². The first kappa shape index (κ1) is 11.3. The molecule has 1 saturated carbocycles. The van der Waals surface area contributed by atoms with Crippen LogP contribution in [0.3, 0.4) is 0 Å². The van der Waals surface area contributed by atoms with Crippen LogP contribution in [-0.2, 0) is 6.42 Å². The zero-order valence-corrected chi connectivity index (χ0v) is 9.78. The molecule has 0 radical (unpaired) electrons. The lowest BCUT2D eigenvalue weighted by atomic mass is 10.1. The van der Waals surface area contributed by atoms with Gasteiger partial charge in [0.15, 0.2) is 0 Å². The predicted molar refractivity (Wildman–Crippen MR) is 61.7 cm³/mol. The van der Waals surface area contributed by atoms with Gasteiger partial charge in [-0.15, -0.1) is 11.6 Å². The van der Waals surface area contributed by atoms with Crippen LogP contribution in [0.4, 0.5) is 5.69 Å². The second-order valence-corrected chi connectivity index (χ2v) is 4.84. The summed E-state index contributed by atoms with van der Waals surface area (Å²) in [4.78, 5) is 14.3. The molecule has 0 aliphatic heterocycles. The molecule has 2 rings (SSSR count). The molecule has 1 aromatic heterocycles. The largest absolute Gasteiger partial charge is 0.290 e. The standard InChI is InChI=1S/C11H13ClN2O2/c1-7-4-9(5-10(12)8-2-3-8)13-6-11(7)14(15)16/h4,6,8,10H,2-3,5H2,1H3. The molecule has 1 unspecified atom stereocenters. The SMILES string of the molecule is Cc1cc(CC(Cl)C2CC2)ncc1[N+](=O)[O-]. The fraction of sp³-hybridized carbons (Fsp3) is 0.545. The lowest BCUT2D eigenvalue weighted by Gasteiger charge is -2.07. The van der Waals surface area contributed by atoms with Gasteiger partial charge in [0.1, 0.15) is 6.20 Å². The molecule has 0 bridgehead atoms. The number of aryl methyl sites for hydroxylation is 1. The smallest absolute Gasteiger partial charge is 0.258 e. The van der Waals surface area contributed by atoms with Crippen molar-refractivity contribution < 1.29 is 4.92 Å². The monoisotopic (exact) mass is 240 g/mol. The number of alkyl halides is 1. The highest BCUT2D eigenvalue weighted by Crippen LogP contribution is 2.37. The third-order valence-electron chi connectivity index (χ3n) is 2.87. The van der Waals surface area contributed by atoms with Gasteiger partial charge >= 0.3 is 0 Å². The first-order valence-corrected chi connectivity index (χ1v) is 5.75. The van der Waals surface area contributed by atoms with Gasteiger partial charge in [-0.05, 0) is 31.7 Å². The lowest BCUT2D eigenvalue weighted by molar-refractivity contribution is -0.385. The number of hydrogen-bond acceptors (Lipinski definition) is 3. The molecule has 86 valence electrons. The Morgan fingerprint density at radius 1 is 1.69 bits per heavy atom. The van der Waals surface area contributed by atoms with Crippen LogP contribution in [-0.4, -0.2) is 15.3 Å². The van der Waals surface area contributed by atoms with Crippen molar-refractivity contribution in [1.29, 1.82) is 0 Å². The van der Waals surface area contributed by atoms with Crippen molar-refractivity contribution in [1.82, 2.24) is 4.98 Å². The summed E-state index contributed by atoms with van der Waals surface area (Å²) in [6, 6.07) is 1.76. The topological polar surface area (TPSA) is 56.0 Å². The molecule has 1 aromatic rings. The Hall–Kier alpha value is -1.16. The van der Waals surface area contributed by atoms with Crippen molar-refractivity contribution in [3.63, 3.8) is 0 Å². The highest BCUT2D eigenvalue weighted by atomic mass is 35.5. The Morgan fingerprint density at radius 2 is 2.38 bits per heavy atom. The van der Waals surface area contributed by atoms with Crippen molar-refractivity contribution in [2.45, 2.75) is 31.6 Å². The fourth-order valence-corrected chi connectivity index (χ4v) is 2.14. The van der Waals surface area contributed by atoms with Gasteiger partial charge in [0.25, 0.3) is 5.69 Å². The van der Waals surface area contributed by atoms with Crippen LogP contribution in [0.5, 0.6) is 0 Å². The van der Waals surface area contributed by atoms with Crippen LogP contribution in [0, 0.1) is 23.0 Å². The van der Waals surface area contributed by atoms with E-state index in [0.29, 0.717) is 17.9 Å². The summed E-state index contributed by atoms with van der Waals surface area (Å²) in [6.07, 6.45) is 4.41. The maximum Gasteiger partial charge on any atom is 0.290 e. The minimum Gasteiger partial charge on any atom is -0.258 e. The Morgan fingerprint density at radius 3 is 2.88 bits per heavy atom. The number of pyridine rings is 1.